The normalized spacial score (nSPS) is 14.8. The van der Waals surface area contributed by atoms with Crippen LogP contribution in [0.5, 0.6) is 5.75 Å². The first-order valence-corrected chi connectivity index (χ1v) is 6.79. The molecule has 0 spiro atoms. The summed E-state index contributed by atoms with van der Waals surface area (Å²) in [6.07, 6.45) is 2.70. The molecule has 0 unspecified atom stereocenters. The Morgan fingerprint density at radius 2 is 2.00 bits per heavy atom. The van der Waals surface area contributed by atoms with Gasteiger partial charge in [0.05, 0.1) is 7.11 Å². The Hall–Kier alpha value is -1.06. The summed E-state index contributed by atoms with van der Waals surface area (Å²) in [6.45, 7) is 7.19. The van der Waals surface area contributed by atoms with Crippen molar-refractivity contribution >= 4 is 0 Å². The molecular formula is C15H24N2O. The molecule has 0 heterocycles. The predicted molar refractivity (Wildman–Crippen MR) is 75.2 cm³/mol. The summed E-state index contributed by atoms with van der Waals surface area (Å²) in [7, 11) is 1.74. The van der Waals surface area contributed by atoms with Crippen LogP contribution in [0.25, 0.3) is 0 Å². The lowest BCUT2D eigenvalue weighted by molar-refractivity contribution is 0.406. The maximum atomic E-state index is 5.46. The Kier molecular flexibility index (Phi) is 4.61. The van der Waals surface area contributed by atoms with E-state index < -0.39 is 0 Å². The van der Waals surface area contributed by atoms with Gasteiger partial charge in [0.15, 0.2) is 0 Å². The van der Waals surface area contributed by atoms with Crippen molar-refractivity contribution < 1.29 is 4.74 Å². The van der Waals surface area contributed by atoms with E-state index in [1.165, 1.54) is 29.5 Å². The molecule has 0 radical (unpaired) electrons. The molecule has 0 bridgehead atoms. The molecule has 0 amide bonds. The van der Waals surface area contributed by atoms with Gasteiger partial charge in [0.2, 0.25) is 0 Å². The van der Waals surface area contributed by atoms with Gasteiger partial charge in [0.1, 0.15) is 5.75 Å². The number of hydrogen-bond acceptors (Lipinski definition) is 3. The van der Waals surface area contributed by atoms with Crippen molar-refractivity contribution in [3.8, 4) is 5.75 Å². The van der Waals surface area contributed by atoms with E-state index in [4.69, 9.17) is 4.74 Å². The first kappa shape index (κ1) is 13.4. The molecule has 0 saturated heterocycles. The number of aryl methyl sites for hydroxylation is 2. The first-order valence-electron chi connectivity index (χ1n) is 6.79. The van der Waals surface area contributed by atoms with E-state index in [9.17, 15) is 0 Å². The summed E-state index contributed by atoms with van der Waals surface area (Å²) in [5, 5.41) is 6.98. The molecule has 3 heteroatoms. The highest BCUT2D eigenvalue weighted by Crippen LogP contribution is 2.23. The minimum absolute atomic E-state index is 0.794. The molecule has 1 aliphatic rings. The van der Waals surface area contributed by atoms with E-state index in [0.717, 1.165) is 31.4 Å². The summed E-state index contributed by atoms with van der Waals surface area (Å²) >= 11 is 0. The zero-order valence-electron chi connectivity index (χ0n) is 11.7. The molecule has 18 heavy (non-hydrogen) atoms. The Balaban J connectivity index is 1.83. The van der Waals surface area contributed by atoms with Crippen LogP contribution in [0.2, 0.25) is 0 Å². The number of benzene rings is 1. The third kappa shape index (κ3) is 3.72. The van der Waals surface area contributed by atoms with Crippen LogP contribution in [0.4, 0.5) is 0 Å². The van der Waals surface area contributed by atoms with Crippen molar-refractivity contribution in [1.82, 2.24) is 10.6 Å². The van der Waals surface area contributed by atoms with Crippen molar-refractivity contribution in [1.29, 1.82) is 0 Å². The third-order valence-corrected chi connectivity index (χ3v) is 3.41. The van der Waals surface area contributed by atoms with E-state index in [2.05, 4.69) is 36.6 Å². The highest BCUT2D eigenvalue weighted by Gasteiger charge is 2.19. The lowest BCUT2D eigenvalue weighted by Crippen LogP contribution is -2.28. The van der Waals surface area contributed by atoms with Gasteiger partial charge >= 0.3 is 0 Å². The summed E-state index contributed by atoms with van der Waals surface area (Å²) in [5.74, 6) is 0.996. The van der Waals surface area contributed by atoms with Crippen LogP contribution in [-0.2, 0) is 6.54 Å². The zero-order valence-corrected chi connectivity index (χ0v) is 11.7. The molecule has 3 nitrogen and oxygen atoms in total. The quantitative estimate of drug-likeness (QED) is 0.725. The molecule has 1 aromatic carbocycles. The smallest absolute Gasteiger partial charge is 0.123 e. The van der Waals surface area contributed by atoms with Crippen molar-refractivity contribution in [2.45, 2.75) is 39.3 Å². The Morgan fingerprint density at radius 1 is 1.22 bits per heavy atom. The molecule has 0 aromatic heterocycles. The fourth-order valence-electron chi connectivity index (χ4n) is 2.23. The second-order valence-electron chi connectivity index (χ2n) is 5.17. The van der Waals surface area contributed by atoms with Crippen molar-refractivity contribution in [3.05, 3.63) is 28.8 Å². The lowest BCUT2D eigenvalue weighted by atomic mass is 10.0. The van der Waals surface area contributed by atoms with E-state index in [0.29, 0.717) is 0 Å². The van der Waals surface area contributed by atoms with Crippen LogP contribution in [0.1, 0.15) is 29.5 Å². The molecule has 1 aliphatic carbocycles. The highest BCUT2D eigenvalue weighted by molar-refractivity contribution is 5.42. The fourth-order valence-corrected chi connectivity index (χ4v) is 2.23. The standard InChI is InChI=1S/C15H24N2O/c1-11-8-12(2)14(15(9-11)18-3)10-16-6-7-17-13-4-5-13/h8-9,13,16-17H,4-7,10H2,1-3H3. The number of hydrogen-bond donors (Lipinski definition) is 2. The van der Waals surface area contributed by atoms with E-state index in [1.54, 1.807) is 7.11 Å². The van der Waals surface area contributed by atoms with Crippen LogP contribution >= 0.6 is 0 Å². The van der Waals surface area contributed by atoms with Crippen molar-refractivity contribution in [2.75, 3.05) is 20.2 Å². The summed E-state index contributed by atoms with van der Waals surface area (Å²) in [5.41, 5.74) is 3.83. The van der Waals surface area contributed by atoms with Crippen LogP contribution in [0, 0.1) is 13.8 Å². The van der Waals surface area contributed by atoms with Gasteiger partial charge < -0.3 is 15.4 Å². The number of methoxy groups -OCH3 is 1. The van der Waals surface area contributed by atoms with Gasteiger partial charge in [0.25, 0.3) is 0 Å². The zero-order chi connectivity index (χ0) is 13.0. The van der Waals surface area contributed by atoms with Gasteiger partial charge in [-0.1, -0.05) is 6.07 Å². The lowest BCUT2D eigenvalue weighted by Gasteiger charge is -2.14. The SMILES string of the molecule is COc1cc(C)cc(C)c1CNCCNC1CC1. The molecule has 2 rings (SSSR count). The van der Waals surface area contributed by atoms with Crippen LogP contribution in [-0.4, -0.2) is 26.2 Å². The number of nitrogens with one attached hydrogen (secondary N) is 2. The van der Waals surface area contributed by atoms with E-state index >= 15 is 0 Å². The van der Waals surface area contributed by atoms with Crippen molar-refractivity contribution in [2.24, 2.45) is 0 Å². The Labute approximate surface area is 110 Å². The summed E-state index contributed by atoms with van der Waals surface area (Å²) in [6, 6.07) is 5.11. The molecule has 0 aliphatic heterocycles. The van der Waals surface area contributed by atoms with E-state index in [1.807, 2.05) is 0 Å². The average Bonchev–Trinajstić information content (AvgIpc) is 3.14. The largest absolute Gasteiger partial charge is 0.496 e. The van der Waals surface area contributed by atoms with Crippen LogP contribution in [0.15, 0.2) is 12.1 Å². The maximum absolute atomic E-state index is 5.46. The second-order valence-corrected chi connectivity index (χ2v) is 5.17. The van der Waals surface area contributed by atoms with Crippen molar-refractivity contribution in [3.63, 3.8) is 0 Å². The monoisotopic (exact) mass is 248 g/mol. The van der Waals surface area contributed by atoms with E-state index in [-0.39, 0.29) is 0 Å². The number of rotatable bonds is 7. The van der Waals surface area contributed by atoms with Crippen LogP contribution < -0.4 is 15.4 Å². The average molecular weight is 248 g/mol. The topological polar surface area (TPSA) is 33.3 Å². The molecule has 1 saturated carbocycles. The summed E-state index contributed by atoms with van der Waals surface area (Å²) < 4.78 is 5.46. The second kappa shape index (κ2) is 6.21. The first-order chi connectivity index (χ1) is 8.70. The maximum Gasteiger partial charge on any atom is 0.123 e. The highest BCUT2D eigenvalue weighted by atomic mass is 16.5. The minimum Gasteiger partial charge on any atom is -0.496 e. The molecule has 2 N–H and O–H groups in total. The van der Waals surface area contributed by atoms with Gasteiger partial charge in [-0.2, -0.15) is 0 Å². The molecule has 1 aromatic rings. The van der Waals surface area contributed by atoms with Gasteiger partial charge in [0, 0.05) is 31.2 Å². The van der Waals surface area contributed by atoms with Crippen LogP contribution in [0.3, 0.4) is 0 Å². The third-order valence-electron chi connectivity index (χ3n) is 3.41. The molecule has 0 atom stereocenters. The molecule has 100 valence electrons. The predicted octanol–water partition coefficient (Wildman–Crippen LogP) is 2.15. The Bertz CT molecular complexity index is 400. The van der Waals surface area contributed by atoms with Gasteiger partial charge in [-0.15, -0.1) is 0 Å². The Morgan fingerprint density at radius 3 is 2.67 bits per heavy atom. The van der Waals surface area contributed by atoms with Gasteiger partial charge in [-0.25, -0.2) is 0 Å². The summed E-state index contributed by atoms with van der Waals surface area (Å²) in [4.78, 5) is 0. The fraction of sp³-hybridized carbons (Fsp3) is 0.600. The minimum atomic E-state index is 0.794. The molecule has 1 fully saturated rings. The number of ether oxygens (including phenoxy) is 1. The van der Waals surface area contributed by atoms with Gasteiger partial charge in [-0.3, -0.25) is 0 Å². The van der Waals surface area contributed by atoms with Gasteiger partial charge in [-0.05, 0) is 43.9 Å². The molecular weight excluding hydrogens is 224 g/mol.